The first kappa shape index (κ1) is 7.80. The van der Waals surface area contributed by atoms with Crippen LogP contribution in [0.25, 0.3) is 0 Å². The van der Waals surface area contributed by atoms with E-state index in [0.29, 0.717) is 0 Å². The number of rotatable bonds is 4. The van der Waals surface area contributed by atoms with Gasteiger partial charge in [-0.1, -0.05) is 0 Å². The van der Waals surface area contributed by atoms with Crippen molar-refractivity contribution >= 4 is 17.6 Å². The van der Waals surface area contributed by atoms with E-state index in [1.165, 1.54) is 5.75 Å². The molecular weight excluding hydrogens is 118 g/mol. The van der Waals surface area contributed by atoms with Gasteiger partial charge < -0.3 is 0 Å². The minimum atomic E-state index is 0.879. The number of hydrogen-bond acceptors (Lipinski definition) is 2. The molecule has 0 aromatic heterocycles. The summed E-state index contributed by atoms with van der Waals surface area (Å²) in [6.07, 6.45) is 3.24. The lowest BCUT2D eigenvalue weighted by Crippen LogP contribution is -1.81. The second kappa shape index (κ2) is 6.80. The molecule has 0 aromatic carbocycles. The first-order valence-corrected chi connectivity index (χ1v) is 3.98. The highest BCUT2D eigenvalue weighted by molar-refractivity contribution is 7.98. The Kier molecular flexibility index (Phi) is 6.63. The first-order chi connectivity index (χ1) is 3.91. The molecule has 1 nitrogen and oxygen atoms in total. The van der Waals surface area contributed by atoms with Crippen molar-refractivity contribution in [1.82, 2.24) is 0 Å². The van der Waals surface area contributed by atoms with E-state index in [2.05, 4.69) is 23.7 Å². The van der Waals surface area contributed by atoms with E-state index in [1.807, 2.05) is 11.8 Å². The van der Waals surface area contributed by atoms with Crippen LogP contribution in [-0.4, -0.2) is 24.4 Å². The van der Waals surface area contributed by atoms with Crippen LogP contribution in [0.15, 0.2) is 11.6 Å². The van der Waals surface area contributed by atoms with Crippen LogP contribution < -0.4 is 0 Å². The molecule has 0 fully saturated rings. The zero-order chi connectivity index (χ0) is 6.24. The molecule has 46 valence electrons. The summed E-state index contributed by atoms with van der Waals surface area (Å²) >= 11 is 1.84. The summed E-state index contributed by atoms with van der Waals surface area (Å²) < 4.78 is 0. The maximum Gasteiger partial charge on any atom is 0.0491 e. The summed E-state index contributed by atoms with van der Waals surface area (Å²) in [5, 5.41) is 0. The third-order valence-electron chi connectivity index (χ3n) is 0.730. The minimum absolute atomic E-state index is 0.879. The molecule has 0 aromatic rings. The van der Waals surface area contributed by atoms with Crippen molar-refractivity contribution in [2.24, 2.45) is 4.99 Å². The fraction of sp³-hybridized carbons (Fsp3) is 0.667. The van der Waals surface area contributed by atoms with Crippen molar-refractivity contribution in [2.45, 2.75) is 6.42 Å². The van der Waals surface area contributed by atoms with Crippen molar-refractivity contribution in [3.8, 4) is 0 Å². The summed E-state index contributed by atoms with van der Waals surface area (Å²) in [7, 11) is 0. The molecule has 0 aliphatic rings. The van der Waals surface area contributed by atoms with Gasteiger partial charge >= 0.3 is 0 Å². The maximum absolute atomic E-state index is 3.83. The molecule has 2 heteroatoms. The zero-order valence-electron chi connectivity index (χ0n) is 5.18. The molecule has 8 heavy (non-hydrogen) atoms. The quantitative estimate of drug-likeness (QED) is 0.415. The van der Waals surface area contributed by atoms with Gasteiger partial charge in [0.15, 0.2) is 0 Å². The summed E-state index contributed by atoms with van der Waals surface area (Å²) in [5.74, 6) is 3.68. The monoisotopic (exact) mass is 129 g/mol. The Morgan fingerprint density at radius 1 is 1.75 bits per heavy atom. The average molecular weight is 129 g/mol. The van der Waals surface area contributed by atoms with Gasteiger partial charge in [-0.15, -0.1) is 0 Å². The molecule has 0 bridgehead atoms. The third-order valence-corrected chi connectivity index (χ3v) is 1.43. The van der Waals surface area contributed by atoms with Crippen LogP contribution in [-0.2, 0) is 0 Å². The zero-order valence-corrected chi connectivity index (χ0v) is 6.00. The van der Waals surface area contributed by atoms with Gasteiger partial charge in [0.25, 0.3) is 0 Å². The van der Waals surface area contributed by atoms with Crippen molar-refractivity contribution in [3.63, 3.8) is 0 Å². The van der Waals surface area contributed by atoms with Crippen molar-refractivity contribution in [3.05, 3.63) is 6.58 Å². The molecule has 0 saturated heterocycles. The fourth-order valence-corrected chi connectivity index (χ4v) is 0.785. The van der Waals surface area contributed by atoms with Crippen LogP contribution in [0.5, 0.6) is 0 Å². The minimum Gasteiger partial charge on any atom is -0.244 e. The summed E-state index contributed by atoms with van der Waals surface area (Å²) in [6, 6.07) is 0. The molecule has 0 heterocycles. The van der Waals surface area contributed by atoms with E-state index >= 15 is 0 Å². The topological polar surface area (TPSA) is 12.4 Å². The van der Waals surface area contributed by atoms with Crippen LogP contribution in [0.4, 0.5) is 0 Å². The second-order valence-corrected chi connectivity index (χ2v) is 2.37. The predicted molar refractivity (Wildman–Crippen MR) is 40.9 cm³/mol. The lowest BCUT2D eigenvalue weighted by molar-refractivity contribution is 0.951. The van der Waals surface area contributed by atoms with Gasteiger partial charge in [-0.3, -0.25) is 0 Å². The van der Waals surface area contributed by atoms with Gasteiger partial charge in [-0.05, 0) is 30.9 Å². The smallest absolute Gasteiger partial charge is 0.0491 e. The van der Waals surface area contributed by atoms with E-state index in [-0.39, 0.29) is 0 Å². The van der Waals surface area contributed by atoms with Crippen molar-refractivity contribution in [2.75, 3.05) is 18.6 Å². The summed E-state index contributed by atoms with van der Waals surface area (Å²) in [6.45, 7) is 4.24. The molecule has 0 aliphatic heterocycles. The van der Waals surface area contributed by atoms with Crippen LogP contribution in [0.3, 0.4) is 0 Å². The van der Waals surface area contributed by atoms with Gasteiger partial charge in [-0.2, -0.15) is 11.8 Å². The largest absolute Gasteiger partial charge is 0.244 e. The molecule has 0 atom stereocenters. The molecule has 0 spiro atoms. The molecule has 0 rings (SSSR count). The maximum atomic E-state index is 3.83. The van der Waals surface area contributed by atoms with Crippen molar-refractivity contribution in [1.29, 1.82) is 0 Å². The molecular formula is C6H11NS. The normalized spacial score (nSPS) is 8.12. The Labute approximate surface area is 54.9 Å². The van der Waals surface area contributed by atoms with Gasteiger partial charge in [0.1, 0.15) is 0 Å². The van der Waals surface area contributed by atoms with Crippen LogP contribution in [0.1, 0.15) is 6.42 Å². The van der Waals surface area contributed by atoms with Crippen molar-refractivity contribution < 1.29 is 0 Å². The molecule has 0 saturated carbocycles. The molecule has 0 radical (unpaired) electrons. The highest BCUT2D eigenvalue weighted by Crippen LogP contribution is 1.93. The molecule has 0 amide bonds. The van der Waals surface area contributed by atoms with Gasteiger partial charge in [-0.25, -0.2) is 4.99 Å². The number of aliphatic imine (C=N–C) groups is 1. The fourth-order valence-electron chi connectivity index (χ4n) is 0.367. The van der Waals surface area contributed by atoms with E-state index in [0.717, 1.165) is 13.0 Å². The van der Waals surface area contributed by atoms with E-state index < -0.39 is 0 Å². The van der Waals surface area contributed by atoms with Gasteiger partial charge in [0, 0.05) is 6.54 Å². The molecule has 0 unspecified atom stereocenters. The van der Waals surface area contributed by atoms with Gasteiger partial charge in [0.05, 0.1) is 0 Å². The Hall–Kier alpha value is -0.200. The van der Waals surface area contributed by atoms with Crippen LogP contribution in [0, 0.1) is 0 Å². The highest BCUT2D eigenvalue weighted by Gasteiger charge is 1.79. The SMILES string of the molecule is C=C=NCCCSC. The Morgan fingerprint density at radius 3 is 3.00 bits per heavy atom. The van der Waals surface area contributed by atoms with E-state index in [9.17, 15) is 0 Å². The van der Waals surface area contributed by atoms with Crippen LogP contribution in [0.2, 0.25) is 0 Å². The number of hydrogen-bond donors (Lipinski definition) is 0. The van der Waals surface area contributed by atoms with E-state index in [1.54, 1.807) is 0 Å². The first-order valence-electron chi connectivity index (χ1n) is 2.59. The van der Waals surface area contributed by atoms with E-state index in [4.69, 9.17) is 0 Å². The van der Waals surface area contributed by atoms with Crippen LogP contribution >= 0.6 is 11.8 Å². The number of nitrogens with zero attached hydrogens (tertiary/aromatic N) is 1. The Balaban J connectivity index is 2.82. The highest BCUT2D eigenvalue weighted by atomic mass is 32.2. The molecule has 0 N–H and O–H groups in total. The lowest BCUT2D eigenvalue weighted by atomic mass is 10.5. The lowest BCUT2D eigenvalue weighted by Gasteiger charge is -1.87. The summed E-state index contributed by atoms with van der Waals surface area (Å²) in [4.78, 5) is 3.83. The standard InChI is InChI=1S/C6H11NS/c1-3-7-5-4-6-8-2/h1,4-6H2,2H3. The average Bonchev–Trinajstić information content (AvgIpc) is 1.81. The molecule has 0 aliphatic carbocycles. The number of thioether (sulfide) groups is 1. The third kappa shape index (κ3) is 5.80. The Morgan fingerprint density at radius 2 is 2.50 bits per heavy atom. The second-order valence-electron chi connectivity index (χ2n) is 1.39. The van der Waals surface area contributed by atoms with Gasteiger partial charge in [0.2, 0.25) is 0 Å². The predicted octanol–water partition coefficient (Wildman–Crippen LogP) is 1.60. The Bertz CT molecular complexity index is 84.5. The summed E-state index contributed by atoms with van der Waals surface area (Å²) in [5.41, 5.74) is 0.